The largest absolute Gasteiger partial charge is 0.389 e. The molecule has 0 spiro atoms. The summed E-state index contributed by atoms with van der Waals surface area (Å²) in [5.74, 6) is 3.82. The van der Waals surface area contributed by atoms with Gasteiger partial charge in [0.2, 0.25) is 0 Å². The molecule has 2 nitrogen and oxygen atoms in total. The molecule has 2 fully saturated rings. The molecule has 0 heterocycles. The van der Waals surface area contributed by atoms with E-state index in [-0.39, 0.29) is 0 Å². The second-order valence-corrected chi connectivity index (χ2v) is 7.94. The molecule has 2 aliphatic rings. The number of hydrogen-bond acceptors (Lipinski definition) is 3. The van der Waals surface area contributed by atoms with Gasteiger partial charge in [-0.15, -0.1) is 11.8 Å². The lowest BCUT2D eigenvalue weighted by atomic mass is 9.97. The molecule has 0 aromatic heterocycles. The van der Waals surface area contributed by atoms with Crippen LogP contribution in [0.5, 0.6) is 0 Å². The van der Waals surface area contributed by atoms with Crippen LogP contribution in [0, 0.1) is 17.8 Å². The number of rotatable bonds is 8. The van der Waals surface area contributed by atoms with Gasteiger partial charge in [0.05, 0.1) is 0 Å². The van der Waals surface area contributed by atoms with E-state index in [9.17, 15) is 0 Å². The molecule has 0 bridgehead atoms. The number of hydrogen-bond donors (Lipinski definition) is 2. The van der Waals surface area contributed by atoms with Gasteiger partial charge in [-0.25, -0.2) is 0 Å². The van der Waals surface area contributed by atoms with Gasteiger partial charge in [-0.3, -0.25) is 0 Å². The highest BCUT2D eigenvalue weighted by atomic mass is 32.2. The molecule has 0 radical (unpaired) electrons. The fraction of sp³-hybridized carbons (Fsp3) is 0.588. The molecule has 0 atom stereocenters. The summed E-state index contributed by atoms with van der Waals surface area (Å²) in [5.41, 5.74) is 8.12. The minimum Gasteiger partial charge on any atom is -0.389 e. The minimum absolute atomic E-state index is 0.503. The highest BCUT2D eigenvalue weighted by Crippen LogP contribution is 2.49. The van der Waals surface area contributed by atoms with Crippen molar-refractivity contribution in [1.29, 1.82) is 0 Å². The molecular weight excluding hydrogens is 296 g/mol. The molecule has 1 aromatic carbocycles. The van der Waals surface area contributed by atoms with Crippen LogP contribution in [-0.2, 0) is 0 Å². The van der Waals surface area contributed by atoms with E-state index < -0.39 is 0 Å². The van der Waals surface area contributed by atoms with Gasteiger partial charge < -0.3 is 11.1 Å². The van der Waals surface area contributed by atoms with Crippen molar-refractivity contribution in [3.8, 4) is 0 Å². The Labute approximate surface area is 137 Å². The number of anilines is 1. The molecule has 1 aromatic rings. The summed E-state index contributed by atoms with van der Waals surface area (Å²) in [6.07, 6.45) is 5.71. The van der Waals surface area contributed by atoms with Gasteiger partial charge in [-0.2, -0.15) is 0 Å². The summed E-state index contributed by atoms with van der Waals surface area (Å²) in [4.78, 5) is 1.70. The van der Waals surface area contributed by atoms with Crippen LogP contribution in [-0.4, -0.2) is 17.3 Å². The predicted molar refractivity (Wildman–Crippen MR) is 96.2 cm³/mol. The average molecular weight is 321 g/mol. The monoisotopic (exact) mass is 320 g/mol. The number of thioether (sulfide) groups is 1. The Kier molecular flexibility index (Phi) is 4.75. The van der Waals surface area contributed by atoms with Gasteiger partial charge in [-0.05, 0) is 61.3 Å². The van der Waals surface area contributed by atoms with Gasteiger partial charge >= 0.3 is 0 Å². The van der Waals surface area contributed by atoms with Crippen molar-refractivity contribution in [3.63, 3.8) is 0 Å². The highest BCUT2D eigenvalue weighted by Gasteiger charge is 2.41. The third kappa shape index (κ3) is 3.72. The molecule has 114 valence electrons. The number of benzene rings is 1. The van der Waals surface area contributed by atoms with Gasteiger partial charge in [0.15, 0.2) is 0 Å². The van der Waals surface area contributed by atoms with Gasteiger partial charge in [-0.1, -0.05) is 25.2 Å². The molecule has 3 N–H and O–H groups in total. The maximum absolute atomic E-state index is 5.97. The lowest BCUT2D eigenvalue weighted by molar-refractivity contribution is 0.428. The first-order valence-electron chi connectivity index (χ1n) is 8.00. The molecule has 2 aliphatic carbocycles. The number of nitrogens with one attached hydrogen (secondary N) is 1. The molecule has 2 saturated carbocycles. The maximum atomic E-state index is 5.97. The Hall–Kier alpha value is -0.740. The topological polar surface area (TPSA) is 38.0 Å². The first-order chi connectivity index (χ1) is 10.2. The Morgan fingerprint density at radius 1 is 1.33 bits per heavy atom. The van der Waals surface area contributed by atoms with Crippen LogP contribution in [0.25, 0.3) is 0 Å². The lowest BCUT2D eigenvalue weighted by Gasteiger charge is -2.20. The summed E-state index contributed by atoms with van der Waals surface area (Å²) >= 11 is 7.09. The van der Waals surface area contributed by atoms with E-state index in [1.807, 2.05) is 11.8 Å². The smallest absolute Gasteiger partial charge is 0.107 e. The van der Waals surface area contributed by atoms with E-state index in [1.165, 1.54) is 30.6 Å². The number of nitrogens with two attached hydrogens (primary N) is 1. The second kappa shape index (κ2) is 6.57. The molecule has 3 rings (SSSR count). The van der Waals surface area contributed by atoms with Crippen LogP contribution in [0.1, 0.15) is 38.2 Å². The summed E-state index contributed by atoms with van der Waals surface area (Å²) in [6.45, 7) is 3.23. The SMILES string of the molecule is CCSc1cccc(NCC(C2CC2)C2CC2)c1C(N)=S. The van der Waals surface area contributed by atoms with Crippen LogP contribution in [0.3, 0.4) is 0 Å². The van der Waals surface area contributed by atoms with Crippen molar-refractivity contribution in [1.82, 2.24) is 0 Å². The summed E-state index contributed by atoms with van der Waals surface area (Å²) in [5, 5.41) is 3.66. The highest BCUT2D eigenvalue weighted by molar-refractivity contribution is 7.99. The molecule has 0 amide bonds. The van der Waals surface area contributed by atoms with Crippen LogP contribution in [0.4, 0.5) is 5.69 Å². The molecule has 0 aliphatic heterocycles. The fourth-order valence-electron chi connectivity index (χ4n) is 3.20. The van der Waals surface area contributed by atoms with Crippen molar-refractivity contribution in [2.24, 2.45) is 23.5 Å². The predicted octanol–water partition coefficient (Wildman–Crippen LogP) is 4.28. The van der Waals surface area contributed by atoms with Gasteiger partial charge in [0.25, 0.3) is 0 Å². The van der Waals surface area contributed by atoms with E-state index in [4.69, 9.17) is 18.0 Å². The van der Waals surface area contributed by atoms with E-state index >= 15 is 0 Å². The first-order valence-corrected chi connectivity index (χ1v) is 9.39. The zero-order valence-corrected chi connectivity index (χ0v) is 14.2. The van der Waals surface area contributed by atoms with E-state index in [0.29, 0.717) is 4.99 Å². The molecule has 21 heavy (non-hydrogen) atoms. The minimum atomic E-state index is 0.503. The zero-order chi connectivity index (χ0) is 14.8. The third-order valence-electron chi connectivity index (χ3n) is 4.56. The van der Waals surface area contributed by atoms with Gasteiger partial charge in [0.1, 0.15) is 4.99 Å². The van der Waals surface area contributed by atoms with Crippen LogP contribution in [0.15, 0.2) is 23.1 Å². The van der Waals surface area contributed by atoms with Crippen molar-refractivity contribution < 1.29 is 0 Å². The Morgan fingerprint density at radius 3 is 2.52 bits per heavy atom. The standard InChI is InChI=1S/C17H24N2S2/c1-2-21-15-5-3-4-14(16(15)17(18)20)19-10-13(11-6-7-11)12-8-9-12/h3-5,11-13,19H,2,6-10H2,1H3,(H2,18,20). The maximum Gasteiger partial charge on any atom is 0.107 e. The number of thiocarbonyl (C=S) groups is 1. The zero-order valence-electron chi connectivity index (χ0n) is 12.6. The molecular formula is C17H24N2S2. The summed E-state index contributed by atoms with van der Waals surface area (Å²) < 4.78 is 0. The molecule has 4 heteroatoms. The van der Waals surface area contributed by atoms with Gasteiger partial charge in [0, 0.05) is 22.7 Å². The summed E-state index contributed by atoms with van der Waals surface area (Å²) in [6, 6.07) is 6.34. The molecule has 0 saturated heterocycles. The van der Waals surface area contributed by atoms with Crippen LogP contribution in [0.2, 0.25) is 0 Å². The first kappa shape index (κ1) is 15.2. The second-order valence-electron chi connectivity index (χ2n) is 6.20. The fourth-order valence-corrected chi connectivity index (χ4v) is 4.34. The van der Waals surface area contributed by atoms with Crippen LogP contribution >= 0.6 is 24.0 Å². The van der Waals surface area contributed by atoms with Crippen molar-refractivity contribution in [2.45, 2.75) is 37.5 Å². The van der Waals surface area contributed by atoms with Crippen molar-refractivity contribution in [3.05, 3.63) is 23.8 Å². The third-order valence-corrected chi connectivity index (χ3v) is 5.70. The van der Waals surface area contributed by atoms with Crippen molar-refractivity contribution >= 4 is 34.7 Å². The summed E-state index contributed by atoms with van der Waals surface area (Å²) in [7, 11) is 0. The normalized spacial score (nSPS) is 18.0. The molecule has 0 unspecified atom stereocenters. The van der Waals surface area contributed by atoms with E-state index in [1.54, 1.807) is 0 Å². The lowest BCUT2D eigenvalue weighted by Crippen LogP contribution is -2.21. The Morgan fingerprint density at radius 2 is 2.00 bits per heavy atom. The van der Waals surface area contributed by atoms with E-state index in [0.717, 1.165) is 41.3 Å². The Bertz CT molecular complexity index is 510. The Balaban J connectivity index is 1.74. The van der Waals surface area contributed by atoms with E-state index in [2.05, 4.69) is 30.4 Å². The van der Waals surface area contributed by atoms with Crippen molar-refractivity contribution in [2.75, 3.05) is 17.6 Å². The van der Waals surface area contributed by atoms with Crippen LogP contribution < -0.4 is 11.1 Å². The average Bonchev–Trinajstić information content (AvgIpc) is 3.33. The quantitative estimate of drug-likeness (QED) is 0.554.